The van der Waals surface area contributed by atoms with E-state index in [1.54, 1.807) is 0 Å². The molecule has 18 aromatic rings. The van der Waals surface area contributed by atoms with Gasteiger partial charge in [-0.1, -0.05) is 285 Å². The average Bonchev–Trinajstić information content (AvgIpc) is 1.53. The van der Waals surface area contributed by atoms with Crippen LogP contribution in [0.1, 0.15) is 63.5 Å². The lowest BCUT2D eigenvalue weighted by molar-refractivity contribution is -0.737. The highest BCUT2D eigenvalue weighted by atomic mass is 15.3. The number of nitrogens with one attached hydrogen (secondary N) is 1. The van der Waals surface area contributed by atoms with Gasteiger partial charge in [-0.15, -0.1) is 0 Å². The SMILES string of the molecule is C1=CC(n2c3ccccc3c3cc4c5ccccc5n(-c5cccc(C6N=C(c7ccccc7)N=C(c7ccc(-c8ccc(C9(c%10ccccc%10)c%10ccccc%10-c%10cc%11c%12ccccc%12n(-c%12ccc(C[n+]%13[n-]c(-c%14ccccc%14)nc%13-c%13ccccc%13)cc%12)c%11cc%109)cc8)cc7)N6)c5)c4cc32)=CCC1. The number of benzene rings is 14. The summed E-state index contributed by atoms with van der Waals surface area (Å²) in [6.07, 6.45) is 8.60. The smallest absolute Gasteiger partial charge is 0.159 e. The van der Waals surface area contributed by atoms with Crippen LogP contribution in [0.2, 0.25) is 0 Å². The fourth-order valence-corrected chi connectivity index (χ4v) is 17.2. The van der Waals surface area contributed by atoms with Crippen molar-refractivity contribution in [1.82, 2.24) is 29.1 Å². The molecule has 9 heteroatoms. The van der Waals surface area contributed by atoms with E-state index in [-0.39, 0.29) is 0 Å². The van der Waals surface area contributed by atoms with Crippen molar-refractivity contribution in [3.8, 4) is 56.4 Å². The summed E-state index contributed by atoms with van der Waals surface area (Å²) in [7, 11) is 0. The molecule has 1 N–H and O–H groups in total. The molecule has 9 nitrogen and oxygen atoms in total. The van der Waals surface area contributed by atoms with Gasteiger partial charge >= 0.3 is 0 Å². The van der Waals surface area contributed by atoms with Crippen molar-refractivity contribution in [3.63, 3.8) is 0 Å². The molecule has 0 radical (unpaired) electrons. The van der Waals surface area contributed by atoms with E-state index in [1.165, 1.54) is 82.4 Å². The Morgan fingerprint density at radius 3 is 1.63 bits per heavy atom. The average molecular weight is 1360 g/mol. The summed E-state index contributed by atoms with van der Waals surface area (Å²) >= 11 is 0. The Hall–Kier alpha value is -13.8. The van der Waals surface area contributed by atoms with Crippen molar-refractivity contribution in [3.05, 3.63) is 402 Å². The maximum atomic E-state index is 5.40. The fourth-order valence-electron chi connectivity index (χ4n) is 17.2. The summed E-state index contributed by atoms with van der Waals surface area (Å²) < 4.78 is 9.38. The van der Waals surface area contributed by atoms with Crippen LogP contribution < -0.4 is 15.1 Å². The van der Waals surface area contributed by atoms with Crippen molar-refractivity contribution in [2.75, 3.05) is 0 Å². The Bertz CT molecular complexity index is 6650. The number of aromatic nitrogens is 6. The van der Waals surface area contributed by atoms with Gasteiger partial charge in [0.25, 0.3) is 0 Å². The standard InChI is InChI=1S/C97H67N9/c1-6-25-66(26-7-1)92-98-93(100-94(99-92)70-31-24-36-75(57-70)106-88-44-23-19-40-79(88)83-59-82-78-39-18-21-42-86(78)104(90(82)61-91(83)106)73-34-14-5-15-35-73)68-49-47-64(48-50-68)65-51-53-72(54-52-65)97(71-32-12-4-13-33-71)84-41-20-16-37-76(84)80-58-81-77-38-17-22-43-87(77)105(89(81)60-85(80)97)74-55-45-63(46-56-74)62-103-96(69-29-10-3-11-30-69)101-95(102-103)67-27-8-2-9-28-67/h1-4,6-14,16-61,94H,5,15,62H2,(H,98,99,100). The topological polar surface area (TPSA) is 82.4 Å². The van der Waals surface area contributed by atoms with E-state index in [9.17, 15) is 0 Å². The maximum absolute atomic E-state index is 5.40. The van der Waals surface area contributed by atoms with E-state index in [2.05, 4.69) is 347 Å². The Morgan fingerprint density at radius 2 is 0.953 bits per heavy atom. The van der Waals surface area contributed by atoms with Crippen LogP contribution in [0.3, 0.4) is 0 Å². The van der Waals surface area contributed by atoms with Crippen molar-refractivity contribution in [2.45, 2.75) is 31.0 Å². The molecule has 0 spiro atoms. The number of para-hydroxylation sites is 3. The minimum Gasteiger partial charge on any atom is -0.397 e. The van der Waals surface area contributed by atoms with Gasteiger partial charge in [0.05, 0.1) is 38.5 Å². The number of hydrogen-bond acceptors (Lipinski definition) is 4. The van der Waals surface area contributed by atoms with Crippen LogP contribution in [-0.2, 0) is 12.0 Å². The number of fused-ring (bicyclic) bond motifs is 12. The zero-order valence-electron chi connectivity index (χ0n) is 57.8. The zero-order chi connectivity index (χ0) is 69.8. The number of allylic oxidation sites excluding steroid dienone is 4. The van der Waals surface area contributed by atoms with Crippen molar-refractivity contribution >= 4 is 82.8 Å². The largest absolute Gasteiger partial charge is 0.397 e. The van der Waals surface area contributed by atoms with E-state index in [4.69, 9.17) is 20.1 Å². The predicted molar refractivity (Wildman–Crippen MR) is 433 cm³/mol. The first kappa shape index (κ1) is 61.0. The minimum atomic E-state index is -0.649. The second-order valence-corrected chi connectivity index (χ2v) is 28.0. The highest BCUT2D eigenvalue weighted by Crippen LogP contribution is 2.58. The van der Waals surface area contributed by atoms with Gasteiger partial charge in [-0.05, 0) is 153 Å². The molecule has 14 aromatic carbocycles. The van der Waals surface area contributed by atoms with Crippen LogP contribution in [0.25, 0.3) is 128 Å². The third-order valence-electron chi connectivity index (χ3n) is 22.0. The highest BCUT2D eigenvalue weighted by Gasteiger charge is 2.47. The Balaban J connectivity index is 0.623. The molecule has 0 saturated heterocycles. The summed E-state index contributed by atoms with van der Waals surface area (Å²) in [6.45, 7) is 0.561. The van der Waals surface area contributed by atoms with Crippen LogP contribution >= 0.6 is 0 Å². The lowest BCUT2D eigenvalue weighted by Gasteiger charge is -2.34. The molecule has 2 unspecified atom stereocenters. The molecule has 0 fully saturated rings. The van der Waals surface area contributed by atoms with Crippen molar-refractivity contribution in [1.29, 1.82) is 0 Å². The van der Waals surface area contributed by atoms with Crippen molar-refractivity contribution in [2.24, 2.45) is 9.98 Å². The number of amidine groups is 2. The highest BCUT2D eigenvalue weighted by molar-refractivity contribution is 6.20. The molecular formula is C97H67N9. The zero-order valence-corrected chi connectivity index (χ0v) is 57.8. The Labute approximate surface area is 612 Å². The third-order valence-corrected chi connectivity index (χ3v) is 22.0. The molecule has 500 valence electrons. The van der Waals surface area contributed by atoms with Crippen LogP contribution in [0.5, 0.6) is 0 Å². The molecule has 1 aliphatic heterocycles. The molecule has 106 heavy (non-hydrogen) atoms. The van der Waals surface area contributed by atoms with E-state index < -0.39 is 11.6 Å². The Kier molecular flexibility index (Phi) is 14.2. The monoisotopic (exact) mass is 1360 g/mol. The second-order valence-electron chi connectivity index (χ2n) is 28.0. The first-order chi connectivity index (χ1) is 52.5. The summed E-state index contributed by atoms with van der Waals surface area (Å²) in [5.41, 5.74) is 25.5. The molecule has 0 amide bonds. The number of aliphatic imine (C=N–C) groups is 2. The normalized spacial score (nSPS) is 15.5. The van der Waals surface area contributed by atoms with Gasteiger partial charge in [0.15, 0.2) is 5.84 Å². The van der Waals surface area contributed by atoms with Crippen LogP contribution in [-0.4, -0.2) is 30.4 Å². The quantitative estimate of drug-likeness (QED) is 0.117. The number of nitrogens with zero attached hydrogens (tertiary/aromatic N) is 8. The summed E-state index contributed by atoms with van der Waals surface area (Å²) in [5, 5.41) is 16.3. The van der Waals surface area contributed by atoms with Crippen molar-refractivity contribution < 1.29 is 4.68 Å². The van der Waals surface area contributed by atoms with Crippen LogP contribution in [0, 0.1) is 0 Å². The van der Waals surface area contributed by atoms with E-state index in [1.807, 2.05) is 35.0 Å². The van der Waals surface area contributed by atoms with Gasteiger partial charge in [0.1, 0.15) is 24.4 Å². The lowest BCUT2D eigenvalue weighted by Crippen LogP contribution is -2.40. The molecule has 5 heterocycles. The summed E-state index contributed by atoms with van der Waals surface area (Å²) in [6, 6.07) is 123. The van der Waals surface area contributed by atoms with Gasteiger partial charge in [-0.3, -0.25) is 9.78 Å². The molecule has 4 aromatic heterocycles. The second kappa shape index (κ2) is 24.8. The van der Waals surface area contributed by atoms with Gasteiger partial charge in [0.2, 0.25) is 0 Å². The van der Waals surface area contributed by atoms with E-state index >= 15 is 0 Å². The van der Waals surface area contributed by atoms with Crippen LogP contribution in [0.4, 0.5) is 0 Å². The van der Waals surface area contributed by atoms with Gasteiger partial charge in [0, 0.05) is 66.1 Å². The predicted octanol–water partition coefficient (Wildman–Crippen LogP) is 21.7. The van der Waals surface area contributed by atoms with Gasteiger partial charge in [-0.25, -0.2) is 9.98 Å². The molecule has 2 atom stereocenters. The maximum Gasteiger partial charge on any atom is 0.159 e. The minimum absolute atomic E-state index is 0.433. The molecular weight excluding hydrogens is 1290 g/mol. The third kappa shape index (κ3) is 9.84. The first-order valence-electron chi connectivity index (χ1n) is 36.6. The lowest BCUT2D eigenvalue weighted by atomic mass is 9.67. The summed E-state index contributed by atoms with van der Waals surface area (Å²) in [4.78, 5) is 15.8. The molecule has 3 aliphatic rings. The molecule has 0 saturated carbocycles. The molecule has 21 rings (SSSR count). The number of rotatable bonds is 13. The Morgan fingerprint density at radius 1 is 0.396 bits per heavy atom. The van der Waals surface area contributed by atoms with E-state index in [0.717, 1.165) is 102 Å². The molecule has 2 aliphatic carbocycles. The van der Waals surface area contributed by atoms with Gasteiger partial charge < -0.3 is 24.0 Å². The first-order valence-corrected chi connectivity index (χ1v) is 36.6. The number of hydrogen-bond donors (Lipinski definition) is 1. The van der Waals surface area contributed by atoms with Gasteiger partial charge in [-0.2, -0.15) is 0 Å². The molecule has 0 bridgehead atoms. The fraction of sp³-hybridized carbons (Fsp3) is 0.0515. The van der Waals surface area contributed by atoms with E-state index in [0.29, 0.717) is 18.2 Å². The van der Waals surface area contributed by atoms with Crippen LogP contribution in [0.15, 0.2) is 368 Å². The summed E-state index contributed by atoms with van der Waals surface area (Å²) in [5.74, 6) is 2.98.